The van der Waals surface area contributed by atoms with Crippen LogP contribution in [0.1, 0.15) is 0 Å². The van der Waals surface area contributed by atoms with Crippen LogP contribution in [-0.2, 0) is 9.59 Å². The van der Waals surface area contributed by atoms with Crippen LogP contribution in [0.15, 0.2) is 62.5 Å². The second-order valence-corrected chi connectivity index (χ2v) is 6.25. The molecule has 2 aromatic heterocycles. The number of nitrogens with zero attached hydrogens (tertiary/aromatic N) is 2. The van der Waals surface area contributed by atoms with Crippen molar-refractivity contribution in [2.24, 2.45) is 9.98 Å². The lowest BCUT2D eigenvalue weighted by Gasteiger charge is -2.07. The summed E-state index contributed by atoms with van der Waals surface area (Å²) in [5.74, 6) is -1.31. The summed E-state index contributed by atoms with van der Waals surface area (Å²) >= 11 is 1.10. The summed E-state index contributed by atoms with van der Waals surface area (Å²) in [7, 11) is 0. The zero-order valence-electron chi connectivity index (χ0n) is 13.1. The molecule has 0 aliphatic carbocycles. The first-order valence-electron chi connectivity index (χ1n) is 7.25. The minimum Gasteiger partial charge on any atom is -0.408 e. The van der Waals surface area contributed by atoms with Gasteiger partial charge < -0.3 is 8.83 Å². The number of hydrogen-bond acceptors (Lipinski definition) is 9. The Balaban J connectivity index is 1.92. The van der Waals surface area contributed by atoms with E-state index >= 15 is 0 Å². The number of nitrogens with one attached hydrogen (secondary N) is 2. The Labute approximate surface area is 151 Å². The van der Waals surface area contributed by atoms with E-state index in [1.54, 1.807) is 12.1 Å². The van der Waals surface area contributed by atoms with Crippen molar-refractivity contribution in [3.8, 4) is 0 Å². The monoisotopic (exact) mass is 382 g/mol. The van der Waals surface area contributed by atoms with Gasteiger partial charge in [-0.25, -0.2) is 19.2 Å². The molecule has 0 radical (unpaired) electrons. The standard InChI is InChI=1S/C16H6N4O6S/c21-5-17-9-1-11-7(19-15(23)25-11)3-13(9)27-14-4-8-12(26-16(24)20-8)2-10(14)18-6-22/h1-4H,(H,19,23)(H,20,24). The molecule has 0 fully saturated rings. The number of oxazole rings is 2. The van der Waals surface area contributed by atoms with Crippen LogP contribution in [0, 0.1) is 0 Å². The zero-order valence-corrected chi connectivity index (χ0v) is 13.9. The molecular weight excluding hydrogens is 376 g/mol. The number of isocyanates is 2. The Hall–Kier alpha value is -3.91. The van der Waals surface area contributed by atoms with Gasteiger partial charge in [0, 0.05) is 21.9 Å². The molecular formula is C16H6N4O6S. The molecule has 0 aliphatic rings. The van der Waals surface area contributed by atoms with Crippen molar-refractivity contribution < 1.29 is 18.4 Å². The second-order valence-electron chi connectivity index (χ2n) is 5.17. The van der Waals surface area contributed by atoms with Crippen LogP contribution in [-0.4, -0.2) is 22.1 Å². The molecule has 0 aliphatic heterocycles. The normalized spacial score (nSPS) is 10.7. The van der Waals surface area contributed by atoms with Gasteiger partial charge in [-0.3, -0.25) is 9.97 Å². The fraction of sp³-hybridized carbons (Fsp3) is 0. The Morgan fingerprint density at radius 3 is 1.63 bits per heavy atom. The van der Waals surface area contributed by atoms with Crippen LogP contribution in [0.4, 0.5) is 11.4 Å². The molecule has 2 aromatic carbocycles. The van der Waals surface area contributed by atoms with Crippen molar-refractivity contribution in [2.75, 3.05) is 0 Å². The second kappa shape index (κ2) is 6.43. The predicted octanol–water partition coefficient (Wildman–Crippen LogP) is 2.64. The van der Waals surface area contributed by atoms with Crippen LogP contribution in [0.2, 0.25) is 0 Å². The van der Waals surface area contributed by atoms with Crippen molar-refractivity contribution in [1.82, 2.24) is 9.97 Å². The summed E-state index contributed by atoms with van der Waals surface area (Å²) in [5.41, 5.74) is 1.63. The molecule has 0 amide bonds. The predicted molar refractivity (Wildman–Crippen MR) is 93.4 cm³/mol. The van der Waals surface area contributed by atoms with Gasteiger partial charge in [0.25, 0.3) is 0 Å². The maximum atomic E-state index is 11.4. The van der Waals surface area contributed by atoms with Gasteiger partial charge in [0.05, 0.1) is 22.4 Å². The third-order valence-corrected chi connectivity index (χ3v) is 4.65. The number of aromatic amines is 2. The fourth-order valence-electron chi connectivity index (χ4n) is 2.49. The minimum atomic E-state index is -0.656. The minimum absolute atomic E-state index is 0.201. The van der Waals surface area contributed by atoms with Crippen molar-refractivity contribution >= 4 is 57.5 Å². The van der Waals surface area contributed by atoms with Gasteiger partial charge in [0.1, 0.15) is 0 Å². The van der Waals surface area contributed by atoms with Crippen LogP contribution in [0.3, 0.4) is 0 Å². The van der Waals surface area contributed by atoms with Gasteiger partial charge in [0.15, 0.2) is 11.2 Å². The molecule has 0 atom stereocenters. The summed E-state index contributed by atoms with van der Waals surface area (Å²) in [6.45, 7) is 0. The number of carbonyl (C=O) groups excluding carboxylic acids is 2. The topological polar surface area (TPSA) is 151 Å². The molecule has 2 heterocycles. The largest absolute Gasteiger partial charge is 0.417 e. The highest BCUT2D eigenvalue weighted by Gasteiger charge is 2.15. The summed E-state index contributed by atoms with van der Waals surface area (Å²) in [6, 6.07) is 5.92. The molecule has 132 valence electrons. The van der Waals surface area contributed by atoms with E-state index in [9.17, 15) is 19.2 Å². The lowest BCUT2D eigenvalue weighted by atomic mass is 10.3. The zero-order chi connectivity index (χ0) is 19.0. The third kappa shape index (κ3) is 3.05. The van der Waals surface area contributed by atoms with Crippen LogP contribution in [0.5, 0.6) is 0 Å². The number of rotatable bonds is 4. The van der Waals surface area contributed by atoms with Gasteiger partial charge >= 0.3 is 11.5 Å². The van der Waals surface area contributed by atoms with Crippen LogP contribution in [0.25, 0.3) is 22.2 Å². The van der Waals surface area contributed by atoms with Gasteiger partial charge in [-0.2, -0.15) is 9.98 Å². The summed E-state index contributed by atoms with van der Waals surface area (Å²) < 4.78 is 9.90. The molecule has 0 unspecified atom stereocenters. The van der Waals surface area contributed by atoms with Crippen molar-refractivity contribution in [2.45, 2.75) is 9.79 Å². The van der Waals surface area contributed by atoms with E-state index in [0.29, 0.717) is 20.8 Å². The molecule has 27 heavy (non-hydrogen) atoms. The van der Waals surface area contributed by atoms with E-state index in [0.717, 1.165) is 11.8 Å². The van der Waals surface area contributed by atoms with E-state index < -0.39 is 11.5 Å². The molecule has 2 N–H and O–H groups in total. The highest BCUT2D eigenvalue weighted by Crippen LogP contribution is 2.42. The van der Waals surface area contributed by atoms with Gasteiger partial charge in [-0.1, -0.05) is 11.8 Å². The highest BCUT2D eigenvalue weighted by atomic mass is 32.2. The number of H-pyrrole nitrogens is 2. The molecule has 0 saturated carbocycles. The molecule has 0 saturated heterocycles. The van der Waals surface area contributed by atoms with Crippen molar-refractivity contribution in [3.05, 3.63) is 45.4 Å². The van der Waals surface area contributed by atoms with Gasteiger partial charge in [-0.05, 0) is 12.1 Å². The van der Waals surface area contributed by atoms with E-state index in [1.165, 1.54) is 24.3 Å². The lowest BCUT2D eigenvalue weighted by molar-refractivity contribution is 0.555. The van der Waals surface area contributed by atoms with Crippen molar-refractivity contribution in [3.63, 3.8) is 0 Å². The first-order chi connectivity index (χ1) is 13.1. The molecule has 0 spiro atoms. The maximum Gasteiger partial charge on any atom is 0.417 e. The van der Waals surface area contributed by atoms with E-state index in [4.69, 9.17) is 8.83 Å². The molecule has 10 nitrogen and oxygen atoms in total. The molecule has 11 heteroatoms. The fourth-order valence-corrected chi connectivity index (χ4v) is 3.50. The van der Waals surface area contributed by atoms with Crippen LogP contribution < -0.4 is 11.5 Å². The summed E-state index contributed by atoms with van der Waals surface area (Å²) in [5, 5.41) is 0. The number of aliphatic imine (C=N–C) groups is 2. The SMILES string of the molecule is O=C=Nc1cc2oc(=O)[nH]c2cc1Sc1cc2[nH]c(=O)oc2cc1N=C=O. The number of fused-ring (bicyclic) bond motifs is 2. The Morgan fingerprint density at radius 1 is 0.778 bits per heavy atom. The Kier molecular flexibility index (Phi) is 3.94. The van der Waals surface area contributed by atoms with Gasteiger partial charge in [-0.15, -0.1) is 0 Å². The Bertz CT molecular complexity index is 1300. The van der Waals surface area contributed by atoms with Crippen molar-refractivity contribution in [1.29, 1.82) is 0 Å². The average Bonchev–Trinajstić information content (AvgIpc) is 3.15. The third-order valence-electron chi connectivity index (χ3n) is 3.55. The van der Waals surface area contributed by atoms with Gasteiger partial charge in [0.2, 0.25) is 12.2 Å². The number of hydrogen-bond donors (Lipinski definition) is 2. The number of benzene rings is 2. The molecule has 4 aromatic rings. The first-order valence-corrected chi connectivity index (χ1v) is 8.06. The van der Waals surface area contributed by atoms with E-state index in [-0.39, 0.29) is 22.5 Å². The lowest BCUT2D eigenvalue weighted by Crippen LogP contribution is -1.93. The van der Waals surface area contributed by atoms with E-state index in [2.05, 4.69) is 20.0 Å². The van der Waals surface area contributed by atoms with E-state index in [1.807, 2.05) is 0 Å². The first kappa shape index (κ1) is 16.6. The summed E-state index contributed by atoms with van der Waals surface area (Å²) in [6.07, 6.45) is 2.88. The maximum absolute atomic E-state index is 11.4. The molecule has 4 rings (SSSR count). The average molecular weight is 382 g/mol. The Morgan fingerprint density at radius 2 is 1.22 bits per heavy atom. The smallest absolute Gasteiger partial charge is 0.408 e. The quantitative estimate of drug-likeness (QED) is 0.406. The van der Waals surface area contributed by atoms with Crippen LogP contribution >= 0.6 is 11.8 Å². The number of aromatic nitrogens is 2. The molecule has 0 bridgehead atoms. The summed E-state index contributed by atoms with van der Waals surface area (Å²) in [4.78, 5) is 57.4. The highest BCUT2D eigenvalue weighted by molar-refractivity contribution is 7.99.